The number of hydrogen-bond acceptors (Lipinski definition) is 9. The molecule has 2 aliphatic rings. The average Bonchev–Trinajstić information content (AvgIpc) is 2.92. The molecule has 218 valence electrons. The van der Waals surface area contributed by atoms with Crippen LogP contribution in [0.2, 0.25) is 0 Å². The number of benzene rings is 2. The Morgan fingerprint density at radius 1 is 1.12 bits per heavy atom. The molecule has 1 fully saturated rings. The highest BCUT2D eigenvalue weighted by Gasteiger charge is 2.34. The van der Waals surface area contributed by atoms with Crippen molar-refractivity contribution in [3.05, 3.63) is 64.0 Å². The summed E-state index contributed by atoms with van der Waals surface area (Å²) in [5.41, 5.74) is 2.50. The summed E-state index contributed by atoms with van der Waals surface area (Å²) in [6, 6.07) is 12.8. The number of fused-ring (bicyclic) bond motifs is 1. The van der Waals surface area contributed by atoms with Gasteiger partial charge in [-0.1, -0.05) is 24.3 Å². The minimum absolute atomic E-state index is 0.0489. The number of rotatable bonds is 9. The Morgan fingerprint density at radius 2 is 1.85 bits per heavy atom. The van der Waals surface area contributed by atoms with E-state index in [2.05, 4.69) is 10.6 Å². The van der Waals surface area contributed by atoms with Crippen LogP contribution in [0.1, 0.15) is 51.0 Å². The van der Waals surface area contributed by atoms with E-state index in [1.807, 2.05) is 35.2 Å². The molecule has 40 heavy (non-hydrogen) atoms. The number of nitrogens with zero attached hydrogens (tertiary/aromatic N) is 2. The lowest BCUT2D eigenvalue weighted by atomic mass is 9.99. The normalized spacial score (nSPS) is 16.9. The van der Waals surface area contributed by atoms with Crippen molar-refractivity contribution in [2.75, 3.05) is 43.1 Å². The van der Waals surface area contributed by atoms with Gasteiger partial charge in [0.1, 0.15) is 18.4 Å². The van der Waals surface area contributed by atoms with Crippen molar-refractivity contribution < 1.29 is 29.0 Å². The van der Waals surface area contributed by atoms with Crippen LogP contribution in [-0.4, -0.2) is 57.1 Å². The second kappa shape index (κ2) is 12.8. The number of piperidine rings is 1. The van der Waals surface area contributed by atoms with Crippen molar-refractivity contribution in [2.24, 2.45) is 0 Å². The highest BCUT2D eigenvalue weighted by Crippen LogP contribution is 2.34. The Hall–Kier alpha value is -3.42. The molecule has 4 rings (SSSR count). The molecular weight excluding hydrogens is 518 g/mol. The molecule has 1 unspecified atom stereocenters. The monoisotopic (exact) mass is 556 g/mol. The lowest BCUT2D eigenvalue weighted by molar-refractivity contribution is -0.714. The maximum Gasteiger partial charge on any atom is 0.414 e. The first-order chi connectivity index (χ1) is 19.1. The van der Waals surface area contributed by atoms with Crippen LogP contribution >= 0.6 is 0 Å². The molecule has 2 aromatic carbocycles. The molecule has 0 aromatic heterocycles. The summed E-state index contributed by atoms with van der Waals surface area (Å²) in [4.78, 5) is 28.2. The van der Waals surface area contributed by atoms with Gasteiger partial charge in [-0.3, -0.25) is 10.2 Å². The van der Waals surface area contributed by atoms with Crippen molar-refractivity contribution in [3.63, 3.8) is 0 Å². The third-order valence-corrected chi connectivity index (χ3v) is 6.87. The first-order valence-electron chi connectivity index (χ1n) is 13.4. The van der Waals surface area contributed by atoms with Crippen LogP contribution in [0, 0.1) is 10.4 Å². The zero-order chi connectivity index (χ0) is 28.9. The Kier molecular flexibility index (Phi) is 9.48. The highest BCUT2D eigenvalue weighted by molar-refractivity contribution is 5.91. The van der Waals surface area contributed by atoms with Crippen molar-refractivity contribution in [3.8, 4) is 0 Å². The van der Waals surface area contributed by atoms with Gasteiger partial charge in [0.25, 0.3) is 0 Å². The van der Waals surface area contributed by atoms with Crippen LogP contribution in [0.3, 0.4) is 0 Å². The predicted octanol–water partition coefficient (Wildman–Crippen LogP) is 3.08. The van der Waals surface area contributed by atoms with Crippen LogP contribution in [0.15, 0.2) is 42.5 Å². The number of anilines is 2. The molecule has 0 spiro atoms. The standard InChI is InChI=1S/C28H38N5O7/c1-28(2,3)40-26(34)30-14-13-29-25(38-4)19-9-10-23(24(17-19)33(36)37)31-15-11-21(12-16-31)32-22-8-6-5-7-20(22)18-39-27(32)35/h5-10,17,21,25,29,33H,11-16,18H2,1-4H3,(H,30,34)/q-1. The van der Waals surface area contributed by atoms with Gasteiger partial charge in [0.05, 0.1) is 11.4 Å². The molecule has 0 aliphatic carbocycles. The van der Waals surface area contributed by atoms with Gasteiger partial charge in [-0.15, -0.1) is 0 Å². The molecule has 12 nitrogen and oxygen atoms in total. The fraction of sp³-hybridized carbons (Fsp3) is 0.500. The van der Waals surface area contributed by atoms with Gasteiger partial charge < -0.3 is 40.1 Å². The molecule has 2 amide bonds. The zero-order valence-corrected chi connectivity index (χ0v) is 23.4. The fourth-order valence-corrected chi connectivity index (χ4v) is 5.06. The Morgan fingerprint density at radius 3 is 2.52 bits per heavy atom. The van der Waals surface area contributed by atoms with E-state index in [9.17, 15) is 20.0 Å². The van der Waals surface area contributed by atoms with E-state index < -0.39 is 23.1 Å². The van der Waals surface area contributed by atoms with Gasteiger partial charge >= 0.3 is 12.2 Å². The molecule has 2 aliphatic heterocycles. The lowest BCUT2D eigenvalue weighted by Gasteiger charge is -2.41. The number of alkyl carbamates (subject to hydrolysis) is 1. The van der Waals surface area contributed by atoms with E-state index in [0.29, 0.717) is 50.3 Å². The molecule has 2 aromatic rings. The molecular formula is C28H38N5O7-. The lowest BCUT2D eigenvalue weighted by Crippen LogP contribution is -2.96. The second-order valence-corrected chi connectivity index (χ2v) is 10.8. The number of ether oxygens (including phenoxy) is 3. The van der Waals surface area contributed by atoms with E-state index in [-0.39, 0.29) is 24.4 Å². The summed E-state index contributed by atoms with van der Waals surface area (Å²) in [5, 5.41) is 28.8. The number of hydrogen-bond donors (Lipinski definition) is 3. The van der Waals surface area contributed by atoms with E-state index in [1.165, 1.54) is 7.11 Å². The Labute approximate surface area is 234 Å². The van der Waals surface area contributed by atoms with E-state index >= 15 is 0 Å². The third-order valence-electron chi connectivity index (χ3n) is 6.87. The van der Waals surface area contributed by atoms with Crippen LogP contribution in [0.5, 0.6) is 0 Å². The summed E-state index contributed by atoms with van der Waals surface area (Å²) < 4.78 is 16.1. The minimum Gasteiger partial charge on any atom is -0.628 e. The molecule has 2 heterocycles. The van der Waals surface area contributed by atoms with Crippen molar-refractivity contribution in [2.45, 2.75) is 58.1 Å². The van der Waals surface area contributed by atoms with Crippen molar-refractivity contribution in [1.29, 1.82) is 0 Å². The number of amides is 2. The van der Waals surface area contributed by atoms with E-state index in [4.69, 9.17) is 14.2 Å². The second-order valence-electron chi connectivity index (χ2n) is 10.8. The van der Waals surface area contributed by atoms with Crippen molar-refractivity contribution in [1.82, 2.24) is 10.6 Å². The maximum atomic E-state index is 12.6. The highest BCUT2D eigenvalue weighted by atomic mass is 16.8. The minimum atomic E-state index is -1.28. The van der Waals surface area contributed by atoms with E-state index in [1.54, 1.807) is 37.8 Å². The molecule has 0 saturated carbocycles. The van der Waals surface area contributed by atoms with Gasteiger partial charge in [0.15, 0.2) is 5.69 Å². The summed E-state index contributed by atoms with van der Waals surface area (Å²) >= 11 is 0. The number of carbonyl (C=O) groups excluding carboxylic acids is 2. The molecule has 3 N–H and O–H groups in total. The number of nitrogens with one attached hydrogen (secondary N) is 3. The zero-order valence-electron chi connectivity index (χ0n) is 23.4. The number of cyclic esters (lactones) is 1. The van der Waals surface area contributed by atoms with Crippen LogP contribution in [-0.2, 0) is 20.8 Å². The van der Waals surface area contributed by atoms with Gasteiger partial charge in [-0.2, -0.15) is 0 Å². The fourth-order valence-electron chi connectivity index (χ4n) is 5.06. The summed E-state index contributed by atoms with van der Waals surface area (Å²) in [6.07, 6.45) is -0.147. The van der Waals surface area contributed by atoms with E-state index in [0.717, 1.165) is 11.3 Å². The van der Waals surface area contributed by atoms with Gasteiger partial charge in [0.2, 0.25) is 0 Å². The molecule has 0 radical (unpaired) electrons. The number of methoxy groups -OCH3 is 1. The summed E-state index contributed by atoms with van der Waals surface area (Å²) in [6.45, 7) is 7.43. The van der Waals surface area contributed by atoms with Gasteiger partial charge in [-0.05, 0) is 45.7 Å². The van der Waals surface area contributed by atoms with Crippen molar-refractivity contribution >= 4 is 29.2 Å². The SMILES string of the molecule is COC(NCCNC(=O)OC(C)(C)C)c1ccc(N2CCC(N3C(=O)OCc4ccccc43)CC2)c([NH+]([O-])[O-])c1. The first kappa shape index (κ1) is 29.6. The largest absolute Gasteiger partial charge is 0.628 e. The summed E-state index contributed by atoms with van der Waals surface area (Å²) in [5.74, 6) is 0. The van der Waals surface area contributed by atoms with Crippen LogP contribution in [0.4, 0.5) is 26.7 Å². The molecule has 12 heteroatoms. The molecule has 0 bridgehead atoms. The maximum absolute atomic E-state index is 12.6. The number of quaternary nitrogens is 1. The quantitative estimate of drug-likeness (QED) is 0.241. The average molecular weight is 557 g/mol. The number of para-hydroxylation sites is 1. The Balaban J connectivity index is 1.38. The smallest absolute Gasteiger partial charge is 0.414 e. The van der Waals surface area contributed by atoms with Crippen LogP contribution in [0.25, 0.3) is 0 Å². The topological polar surface area (TPSA) is 143 Å². The Bertz CT molecular complexity index is 1180. The molecule has 1 atom stereocenters. The van der Waals surface area contributed by atoms with Gasteiger partial charge in [-0.25, -0.2) is 9.59 Å². The number of carbonyl (C=O) groups is 2. The first-order valence-corrected chi connectivity index (χ1v) is 13.4. The third kappa shape index (κ3) is 7.20. The van der Waals surface area contributed by atoms with Crippen LogP contribution < -0.4 is 25.7 Å². The molecule has 1 saturated heterocycles. The summed E-state index contributed by atoms with van der Waals surface area (Å²) in [7, 11) is 1.51. The predicted molar refractivity (Wildman–Crippen MR) is 150 cm³/mol. The van der Waals surface area contributed by atoms with Gasteiger partial charge in [0, 0.05) is 56.5 Å².